The summed E-state index contributed by atoms with van der Waals surface area (Å²) >= 11 is 0. The van der Waals surface area contributed by atoms with Crippen LogP contribution in [0.4, 0.5) is 0 Å². The van der Waals surface area contributed by atoms with Crippen LogP contribution in [-0.2, 0) is 16.0 Å². The van der Waals surface area contributed by atoms with Crippen molar-refractivity contribution in [3.05, 3.63) is 29.8 Å². The summed E-state index contributed by atoms with van der Waals surface area (Å²) in [5, 5.41) is 3.00. The molecule has 25 heavy (non-hydrogen) atoms. The summed E-state index contributed by atoms with van der Waals surface area (Å²) in [6.45, 7) is 3.15. The van der Waals surface area contributed by atoms with Gasteiger partial charge in [0, 0.05) is 37.2 Å². The fourth-order valence-corrected chi connectivity index (χ4v) is 2.98. The van der Waals surface area contributed by atoms with E-state index in [1.54, 1.807) is 7.11 Å². The Labute approximate surface area is 155 Å². The van der Waals surface area contributed by atoms with E-state index in [0.29, 0.717) is 25.9 Å². The summed E-state index contributed by atoms with van der Waals surface area (Å²) in [7, 11) is 1.61. The van der Waals surface area contributed by atoms with Crippen molar-refractivity contribution in [3.8, 4) is 5.75 Å². The zero-order chi connectivity index (χ0) is 17.5. The lowest BCUT2D eigenvalue weighted by molar-refractivity contribution is -0.131. The molecule has 2 rings (SSSR count). The molecule has 6 nitrogen and oxygen atoms in total. The molecule has 7 heteroatoms. The highest BCUT2D eigenvalue weighted by atomic mass is 35.5. The number of methoxy groups -OCH3 is 1. The Balaban J connectivity index is 0.00000312. The standard InChI is InChI=1S/C18H27N3O3.ClH/c1-13(19)11-17(22)20-15-7-9-21(10-8-15)18(23)12-14-5-3-4-6-16(14)24-2;/h3-6,13,15H,7-12,19H2,1-2H3,(H,20,22);1H. The van der Waals surface area contributed by atoms with E-state index >= 15 is 0 Å². The smallest absolute Gasteiger partial charge is 0.227 e. The van der Waals surface area contributed by atoms with Crippen molar-refractivity contribution < 1.29 is 14.3 Å². The molecule has 0 radical (unpaired) electrons. The third kappa shape index (κ3) is 6.55. The largest absolute Gasteiger partial charge is 0.496 e. The molecule has 1 aliphatic rings. The summed E-state index contributed by atoms with van der Waals surface area (Å²) < 4.78 is 5.30. The van der Waals surface area contributed by atoms with Gasteiger partial charge in [-0.1, -0.05) is 18.2 Å². The van der Waals surface area contributed by atoms with Crippen LogP contribution in [0.25, 0.3) is 0 Å². The Morgan fingerprint density at radius 1 is 1.32 bits per heavy atom. The first-order valence-electron chi connectivity index (χ1n) is 8.44. The Kier molecular flexibility index (Phi) is 8.72. The molecule has 0 bridgehead atoms. The first kappa shape index (κ1) is 21.3. The predicted octanol–water partition coefficient (Wildman–Crippen LogP) is 1.50. The second-order valence-electron chi connectivity index (χ2n) is 6.39. The number of benzene rings is 1. The molecule has 0 aromatic heterocycles. The molecule has 0 spiro atoms. The van der Waals surface area contributed by atoms with Gasteiger partial charge in [-0.2, -0.15) is 0 Å². The summed E-state index contributed by atoms with van der Waals surface area (Å²) in [4.78, 5) is 26.1. The van der Waals surface area contributed by atoms with Gasteiger partial charge in [0.2, 0.25) is 11.8 Å². The number of ether oxygens (including phenoxy) is 1. The summed E-state index contributed by atoms with van der Waals surface area (Å²) in [5.41, 5.74) is 6.53. The maximum absolute atomic E-state index is 12.5. The van der Waals surface area contributed by atoms with Gasteiger partial charge in [-0.3, -0.25) is 9.59 Å². The number of piperidine rings is 1. The van der Waals surface area contributed by atoms with Crippen molar-refractivity contribution in [2.45, 2.75) is 44.7 Å². The monoisotopic (exact) mass is 369 g/mol. The van der Waals surface area contributed by atoms with Crippen LogP contribution in [0.15, 0.2) is 24.3 Å². The minimum absolute atomic E-state index is 0. The number of rotatable bonds is 6. The first-order chi connectivity index (χ1) is 11.5. The fourth-order valence-electron chi connectivity index (χ4n) is 2.98. The van der Waals surface area contributed by atoms with Gasteiger partial charge in [-0.25, -0.2) is 0 Å². The molecule has 2 amide bonds. The van der Waals surface area contributed by atoms with E-state index in [1.165, 1.54) is 0 Å². The molecule has 0 aliphatic carbocycles. The number of halogens is 1. The van der Waals surface area contributed by atoms with E-state index in [2.05, 4.69) is 5.32 Å². The predicted molar refractivity (Wildman–Crippen MR) is 100.0 cm³/mol. The molecule has 1 fully saturated rings. The van der Waals surface area contributed by atoms with E-state index < -0.39 is 0 Å². The number of amides is 2. The normalized spacial score (nSPS) is 15.9. The van der Waals surface area contributed by atoms with Crippen LogP contribution < -0.4 is 15.8 Å². The Hall–Kier alpha value is -1.79. The number of likely N-dealkylation sites (tertiary alicyclic amines) is 1. The average Bonchev–Trinajstić information content (AvgIpc) is 2.55. The third-order valence-electron chi connectivity index (χ3n) is 4.25. The van der Waals surface area contributed by atoms with Crippen molar-refractivity contribution in [3.63, 3.8) is 0 Å². The van der Waals surface area contributed by atoms with Gasteiger partial charge in [-0.15, -0.1) is 12.4 Å². The fraction of sp³-hybridized carbons (Fsp3) is 0.556. The average molecular weight is 370 g/mol. The molecule has 1 aliphatic heterocycles. The van der Waals surface area contributed by atoms with Gasteiger partial charge in [0.1, 0.15) is 5.75 Å². The molecule has 1 aromatic rings. The molecule has 1 unspecified atom stereocenters. The Morgan fingerprint density at radius 3 is 2.56 bits per heavy atom. The molecule has 1 saturated heterocycles. The minimum atomic E-state index is -0.132. The maximum Gasteiger partial charge on any atom is 0.227 e. The van der Waals surface area contributed by atoms with Gasteiger partial charge in [0.15, 0.2) is 0 Å². The van der Waals surface area contributed by atoms with Gasteiger partial charge in [-0.05, 0) is 25.8 Å². The van der Waals surface area contributed by atoms with Gasteiger partial charge in [0.25, 0.3) is 0 Å². The van der Waals surface area contributed by atoms with Crippen LogP contribution in [0.3, 0.4) is 0 Å². The van der Waals surface area contributed by atoms with Gasteiger partial charge in [0.05, 0.1) is 13.5 Å². The zero-order valence-corrected chi connectivity index (χ0v) is 15.7. The third-order valence-corrected chi connectivity index (χ3v) is 4.25. The first-order valence-corrected chi connectivity index (χ1v) is 8.44. The van der Waals surface area contributed by atoms with Gasteiger partial charge < -0.3 is 20.7 Å². The summed E-state index contributed by atoms with van der Waals surface area (Å²) in [5.74, 6) is 0.826. The number of hydrogen-bond acceptors (Lipinski definition) is 4. The Morgan fingerprint density at radius 2 is 1.96 bits per heavy atom. The molecule has 0 saturated carbocycles. The summed E-state index contributed by atoms with van der Waals surface area (Å²) in [6.07, 6.45) is 2.24. The highest BCUT2D eigenvalue weighted by Crippen LogP contribution is 2.20. The van der Waals surface area contributed by atoms with E-state index in [0.717, 1.165) is 24.2 Å². The maximum atomic E-state index is 12.5. The van der Waals surface area contributed by atoms with Crippen LogP contribution in [0.5, 0.6) is 5.75 Å². The van der Waals surface area contributed by atoms with Crippen molar-refractivity contribution >= 4 is 24.2 Å². The molecular formula is C18H28ClN3O3. The van der Waals surface area contributed by atoms with Crippen molar-refractivity contribution in [1.29, 1.82) is 0 Å². The van der Waals surface area contributed by atoms with Crippen LogP contribution in [-0.4, -0.2) is 49.0 Å². The van der Waals surface area contributed by atoms with E-state index in [9.17, 15) is 9.59 Å². The van der Waals surface area contributed by atoms with Crippen LogP contribution in [0.1, 0.15) is 31.7 Å². The number of carbonyl (C=O) groups excluding carboxylic acids is 2. The minimum Gasteiger partial charge on any atom is -0.496 e. The number of nitrogens with zero attached hydrogens (tertiary/aromatic N) is 1. The van der Waals surface area contributed by atoms with Crippen LogP contribution in [0.2, 0.25) is 0 Å². The van der Waals surface area contributed by atoms with E-state index in [1.807, 2.05) is 36.1 Å². The molecule has 1 atom stereocenters. The van der Waals surface area contributed by atoms with Crippen LogP contribution >= 0.6 is 12.4 Å². The lowest BCUT2D eigenvalue weighted by atomic mass is 10.0. The number of nitrogens with one attached hydrogen (secondary N) is 1. The number of hydrogen-bond donors (Lipinski definition) is 2. The zero-order valence-electron chi connectivity index (χ0n) is 14.9. The highest BCUT2D eigenvalue weighted by Gasteiger charge is 2.24. The quantitative estimate of drug-likeness (QED) is 0.795. The van der Waals surface area contributed by atoms with Gasteiger partial charge >= 0.3 is 0 Å². The van der Waals surface area contributed by atoms with Crippen molar-refractivity contribution in [2.24, 2.45) is 5.73 Å². The van der Waals surface area contributed by atoms with E-state index in [4.69, 9.17) is 10.5 Å². The molecule has 140 valence electrons. The topological polar surface area (TPSA) is 84.7 Å². The van der Waals surface area contributed by atoms with E-state index in [-0.39, 0.29) is 36.3 Å². The highest BCUT2D eigenvalue weighted by molar-refractivity contribution is 5.85. The lowest BCUT2D eigenvalue weighted by Gasteiger charge is -2.32. The second-order valence-corrected chi connectivity index (χ2v) is 6.39. The van der Waals surface area contributed by atoms with Crippen LogP contribution in [0, 0.1) is 0 Å². The summed E-state index contributed by atoms with van der Waals surface area (Å²) in [6, 6.07) is 7.58. The molecule has 1 aromatic carbocycles. The van der Waals surface area contributed by atoms with Crippen molar-refractivity contribution in [2.75, 3.05) is 20.2 Å². The van der Waals surface area contributed by atoms with Crippen molar-refractivity contribution in [1.82, 2.24) is 10.2 Å². The molecule has 1 heterocycles. The number of carbonyl (C=O) groups is 2. The molecular weight excluding hydrogens is 342 g/mol. The Bertz CT molecular complexity index is 572. The SMILES string of the molecule is COc1ccccc1CC(=O)N1CCC(NC(=O)CC(C)N)CC1.Cl. The lowest BCUT2D eigenvalue weighted by Crippen LogP contribution is -2.47. The molecule has 3 N–H and O–H groups in total. The number of nitrogens with two attached hydrogens (primary N) is 1. The second kappa shape index (κ2) is 10.3. The number of para-hydroxylation sites is 1.